The highest BCUT2D eigenvalue weighted by Gasteiger charge is 2.32. The number of nitrogens with one attached hydrogen (secondary N) is 2. The lowest BCUT2D eigenvalue weighted by Crippen LogP contribution is -2.48. The van der Waals surface area contributed by atoms with E-state index in [2.05, 4.69) is 10.6 Å². The molecular weight excluding hydrogens is 651 g/mol. The van der Waals surface area contributed by atoms with E-state index in [0.717, 1.165) is 18.4 Å². The molecule has 11 nitrogen and oxygen atoms in total. The number of anilines is 2. The van der Waals surface area contributed by atoms with Crippen LogP contribution in [-0.4, -0.2) is 86.3 Å². The maximum Gasteiger partial charge on any atom is 0.323 e. The van der Waals surface area contributed by atoms with Crippen molar-refractivity contribution >= 4 is 33.3 Å². The SMILES string of the molecule is Cc1ccc(S(=O)(=O)N(C)C[C@@H]2OCCCC[C@@H](C)Oc3ccc(NC(=O)Nc4ccc(F)cc4)cc3C(=O)N([C@H](C)CO)C[C@H]2C)cc1. The van der Waals surface area contributed by atoms with Gasteiger partial charge in [0.25, 0.3) is 5.91 Å². The van der Waals surface area contributed by atoms with Gasteiger partial charge < -0.3 is 30.1 Å². The van der Waals surface area contributed by atoms with E-state index < -0.39 is 39.9 Å². The maximum atomic E-state index is 14.3. The number of ether oxygens (including phenoxy) is 2. The molecule has 1 aliphatic rings. The molecule has 0 radical (unpaired) electrons. The number of aliphatic hydroxyl groups is 1. The standard InChI is InChI=1S/C36H47FN4O7S/c1-24-9-16-31(17-10-24)49(45,46)40(5)22-34-25(2)21-41(26(3)23-42)35(43)32-20-30(39-36(44)38-29-13-11-28(37)12-14-29)15-18-33(32)48-27(4)8-6-7-19-47-34/h9-18,20,25-27,34,42H,6-8,19,21-23H2,1-5H3,(H2,38,39,44)/t25-,26-,27-,34+/m1/s1. The van der Waals surface area contributed by atoms with Crippen LogP contribution in [0, 0.1) is 18.7 Å². The molecule has 0 unspecified atom stereocenters. The highest BCUT2D eigenvalue weighted by molar-refractivity contribution is 7.89. The minimum Gasteiger partial charge on any atom is -0.490 e. The number of benzene rings is 3. The Hall–Kier alpha value is -4.04. The quantitative estimate of drug-likeness (QED) is 0.267. The first kappa shape index (κ1) is 37.8. The highest BCUT2D eigenvalue weighted by Crippen LogP contribution is 2.29. The summed E-state index contributed by atoms with van der Waals surface area (Å²) >= 11 is 0. The monoisotopic (exact) mass is 698 g/mol. The van der Waals surface area contributed by atoms with E-state index in [0.29, 0.717) is 30.2 Å². The summed E-state index contributed by atoms with van der Waals surface area (Å²) in [7, 11) is -2.29. The molecule has 4 atom stereocenters. The van der Waals surface area contributed by atoms with Crippen LogP contribution >= 0.6 is 0 Å². The predicted octanol–water partition coefficient (Wildman–Crippen LogP) is 5.89. The van der Waals surface area contributed by atoms with Gasteiger partial charge in [-0.2, -0.15) is 4.31 Å². The van der Waals surface area contributed by atoms with Gasteiger partial charge in [-0.3, -0.25) is 4.79 Å². The second-order valence-electron chi connectivity index (χ2n) is 12.7. The molecule has 0 bridgehead atoms. The Bertz CT molecular complexity index is 1670. The molecule has 4 rings (SSSR count). The van der Waals surface area contributed by atoms with Crippen LogP contribution in [0.15, 0.2) is 71.6 Å². The first-order valence-electron chi connectivity index (χ1n) is 16.5. The zero-order valence-corrected chi connectivity index (χ0v) is 29.5. The summed E-state index contributed by atoms with van der Waals surface area (Å²) in [4.78, 5) is 28.8. The van der Waals surface area contributed by atoms with Crippen molar-refractivity contribution in [1.82, 2.24) is 9.21 Å². The van der Waals surface area contributed by atoms with Crippen molar-refractivity contribution in [3.63, 3.8) is 0 Å². The fourth-order valence-electron chi connectivity index (χ4n) is 5.53. The Balaban J connectivity index is 1.62. The number of aliphatic hydroxyl groups excluding tert-OH is 1. The number of rotatable bonds is 8. The van der Waals surface area contributed by atoms with Crippen LogP contribution in [0.5, 0.6) is 5.75 Å². The molecule has 266 valence electrons. The lowest BCUT2D eigenvalue weighted by molar-refractivity contribution is -0.00833. The van der Waals surface area contributed by atoms with Crippen LogP contribution in [0.1, 0.15) is 56.0 Å². The molecular formula is C36H47FN4O7S. The van der Waals surface area contributed by atoms with Crippen LogP contribution in [0.4, 0.5) is 20.6 Å². The minimum absolute atomic E-state index is 0.0558. The molecule has 0 aliphatic carbocycles. The van der Waals surface area contributed by atoms with E-state index in [4.69, 9.17) is 9.47 Å². The molecule has 0 fully saturated rings. The van der Waals surface area contributed by atoms with Gasteiger partial charge in [-0.25, -0.2) is 17.6 Å². The smallest absolute Gasteiger partial charge is 0.323 e. The number of nitrogens with zero attached hydrogens (tertiary/aromatic N) is 2. The van der Waals surface area contributed by atoms with Gasteiger partial charge in [0, 0.05) is 44.0 Å². The maximum absolute atomic E-state index is 14.3. The van der Waals surface area contributed by atoms with Gasteiger partial charge in [0.1, 0.15) is 11.6 Å². The molecule has 0 spiro atoms. The van der Waals surface area contributed by atoms with E-state index in [9.17, 15) is 27.5 Å². The number of carbonyl (C=O) groups excluding carboxylic acids is 2. The van der Waals surface area contributed by atoms with E-state index in [1.54, 1.807) is 43.3 Å². The second-order valence-corrected chi connectivity index (χ2v) is 14.7. The predicted molar refractivity (Wildman–Crippen MR) is 187 cm³/mol. The lowest BCUT2D eigenvalue weighted by Gasteiger charge is -2.35. The van der Waals surface area contributed by atoms with Crippen molar-refractivity contribution in [2.45, 2.75) is 70.1 Å². The number of hydrogen-bond donors (Lipinski definition) is 3. The first-order valence-corrected chi connectivity index (χ1v) is 17.9. The third-order valence-corrected chi connectivity index (χ3v) is 10.4. The van der Waals surface area contributed by atoms with Gasteiger partial charge in [-0.05, 0) is 94.6 Å². The average molecular weight is 699 g/mol. The average Bonchev–Trinajstić information content (AvgIpc) is 3.07. The van der Waals surface area contributed by atoms with Gasteiger partial charge in [0.15, 0.2) is 0 Å². The van der Waals surface area contributed by atoms with E-state index in [1.807, 2.05) is 20.8 Å². The third-order valence-electron chi connectivity index (χ3n) is 8.58. The Morgan fingerprint density at radius 3 is 2.37 bits per heavy atom. The molecule has 1 aliphatic heterocycles. The Morgan fingerprint density at radius 1 is 1.04 bits per heavy atom. The molecule has 0 saturated carbocycles. The zero-order chi connectivity index (χ0) is 35.7. The van der Waals surface area contributed by atoms with Gasteiger partial charge in [0.2, 0.25) is 10.0 Å². The van der Waals surface area contributed by atoms with E-state index >= 15 is 0 Å². The zero-order valence-electron chi connectivity index (χ0n) is 28.7. The Morgan fingerprint density at radius 2 is 1.69 bits per heavy atom. The molecule has 3 aromatic rings. The van der Waals surface area contributed by atoms with Crippen molar-refractivity contribution in [3.8, 4) is 5.75 Å². The van der Waals surface area contributed by atoms with Gasteiger partial charge in [-0.1, -0.05) is 24.6 Å². The summed E-state index contributed by atoms with van der Waals surface area (Å²) in [5, 5.41) is 15.6. The summed E-state index contributed by atoms with van der Waals surface area (Å²) in [5.74, 6) is -0.881. The molecule has 49 heavy (non-hydrogen) atoms. The van der Waals surface area contributed by atoms with E-state index in [1.165, 1.54) is 46.6 Å². The number of urea groups is 1. The lowest BCUT2D eigenvalue weighted by atomic mass is 10.0. The molecule has 0 aromatic heterocycles. The molecule has 3 N–H and O–H groups in total. The number of likely N-dealkylation sites (N-methyl/N-ethyl adjacent to an activating group) is 1. The van der Waals surface area contributed by atoms with Crippen LogP contribution < -0.4 is 15.4 Å². The van der Waals surface area contributed by atoms with Crippen molar-refractivity contribution < 1.29 is 37.0 Å². The van der Waals surface area contributed by atoms with E-state index in [-0.39, 0.29) is 42.2 Å². The van der Waals surface area contributed by atoms with Crippen LogP contribution in [0.3, 0.4) is 0 Å². The molecule has 0 saturated heterocycles. The molecule has 3 aromatic carbocycles. The van der Waals surface area contributed by atoms with Crippen molar-refractivity contribution in [2.24, 2.45) is 5.92 Å². The number of halogens is 1. The third kappa shape index (κ3) is 10.2. The molecule has 13 heteroatoms. The Kier molecular flexibility index (Phi) is 13.2. The van der Waals surface area contributed by atoms with Crippen LogP contribution in [0.25, 0.3) is 0 Å². The van der Waals surface area contributed by atoms with Crippen LogP contribution in [0.2, 0.25) is 0 Å². The van der Waals surface area contributed by atoms with Gasteiger partial charge >= 0.3 is 6.03 Å². The van der Waals surface area contributed by atoms with Crippen molar-refractivity contribution in [1.29, 1.82) is 0 Å². The van der Waals surface area contributed by atoms with Crippen molar-refractivity contribution in [3.05, 3.63) is 83.7 Å². The fourth-order valence-corrected chi connectivity index (χ4v) is 6.71. The summed E-state index contributed by atoms with van der Waals surface area (Å²) < 4.78 is 54.1. The summed E-state index contributed by atoms with van der Waals surface area (Å²) in [6.07, 6.45) is 1.36. The topological polar surface area (TPSA) is 138 Å². The number of amides is 3. The normalized spacial score (nSPS) is 20.1. The summed E-state index contributed by atoms with van der Waals surface area (Å²) in [6.45, 7) is 7.68. The molecule has 3 amide bonds. The summed E-state index contributed by atoms with van der Waals surface area (Å²) in [6, 6.07) is 15.6. The molecule has 1 heterocycles. The summed E-state index contributed by atoms with van der Waals surface area (Å²) in [5.41, 5.74) is 1.84. The second kappa shape index (κ2) is 17.1. The number of aryl methyl sites for hydroxylation is 1. The van der Waals surface area contributed by atoms with Crippen LogP contribution in [-0.2, 0) is 14.8 Å². The van der Waals surface area contributed by atoms with Gasteiger partial charge in [0.05, 0.1) is 35.3 Å². The number of carbonyl (C=O) groups is 2. The highest BCUT2D eigenvalue weighted by atomic mass is 32.2. The number of hydrogen-bond acceptors (Lipinski definition) is 7. The largest absolute Gasteiger partial charge is 0.490 e. The first-order chi connectivity index (χ1) is 23.3. The number of sulfonamides is 1. The minimum atomic E-state index is -3.81. The fraction of sp³-hybridized carbons (Fsp3) is 0.444. The number of fused-ring (bicyclic) bond motifs is 1. The Labute approximate surface area is 288 Å². The van der Waals surface area contributed by atoms with Crippen molar-refractivity contribution in [2.75, 3.05) is 44.0 Å². The van der Waals surface area contributed by atoms with Gasteiger partial charge in [-0.15, -0.1) is 0 Å².